The summed E-state index contributed by atoms with van der Waals surface area (Å²) in [6.07, 6.45) is 1.64. The van der Waals surface area contributed by atoms with Gasteiger partial charge in [0.2, 0.25) is 11.8 Å². The molecule has 24 heavy (non-hydrogen) atoms. The first-order valence-electron chi connectivity index (χ1n) is 8.59. The molecule has 6 heteroatoms. The molecule has 0 aromatic heterocycles. The fourth-order valence-electron chi connectivity index (χ4n) is 3.25. The van der Waals surface area contributed by atoms with Gasteiger partial charge < -0.3 is 15.0 Å². The van der Waals surface area contributed by atoms with Crippen molar-refractivity contribution in [3.8, 4) is 0 Å². The zero-order valence-electron chi connectivity index (χ0n) is 14.3. The number of nitrogens with one attached hydrogen (secondary N) is 1. The van der Waals surface area contributed by atoms with Gasteiger partial charge in [-0.2, -0.15) is 0 Å². The maximum absolute atomic E-state index is 12.4. The van der Waals surface area contributed by atoms with Gasteiger partial charge in [0.25, 0.3) is 0 Å². The zero-order chi connectivity index (χ0) is 17.1. The minimum Gasteiger partial charge on any atom is -0.376 e. The lowest BCUT2D eigenvalue weighted by molar-refractivity contribution is -0.121. The van der Waals surface area contributed by atoms with Gasteiger partial charge in [0.05, 0.1) is 19.3 Å². The van der Waals surface area contributed by atoms with Crippen LogP contribution in [0.3, 0.4) is 0 Å². The Kier molecular flexibility index (Phi) is 5.16. The molecule has 0 radical (unpaired) electrons. The van der Waals surface area contributed by atoms with E-state index in [2.05, 4.69) is 17.1 Å². The quantitative estimate of drug-likeness (QED) is 0.915. The molecule has 2 unspecified atom stereocenters. The van der Waals surface area contributed by atoms with Crippen molar-refractivity contribution in [2.75, 3.05) is 36.5 Å². The molecule has 1 aromatic rings. The number of rotatable bonds is 4. The molecule has 2 amide bonds. The van der Waals surface area contributed by atoms with Gasteiger partial charge in [-0.1, -0.05) is 6.07 Å². The van der Waals surface area contributed by atoms with Gasteiger partial charge in [0, 0.05) is 36.9 Å². The highest BCUT2D eigenvalue weighted by Gasteiger charge is 2.25. The summed E-state index contributed by atoms with van der Waals surface area (Å²) in [5.41, 5.74) is 1.58. The van der Waals surface area contributed by atoms with Crippen LogP contribution < -0.4 is 10.2 Å². The molecule has 2 saturated heterocycles. The number of anilines is 2. The summed E-state index contributed by atoms with van der Waals surface area (Å²) in [6.45, 7) is 6.60. The average Bonchev–Trinajstić information content (AvgIpc) is 2.97. The van der Waals surface area contributed by atoms with E-state index in [0.717, 1.165) is 30.9 Å². The normalized spacial score (nSPS) is 25.1. The van der Waals surface area contributed by atoms with E-state index in [-0.39, 0.29) is 24.0 Å². The maximum Gasteiger partial charge on any atom is 0.238 e. The first-order valence-corrected chi connectivity index (χ1v) is 8.59. The lowest BCUT2D eigenvalue weighted by Crippen LogP contribution is -2.50. The number of benzene rings is 1. The summed E-state index contributed by atoms with van der Waals surface area (Å²) in [6, 6.07) is 7.74. The van der Waals surface area contributed by atoms with Crippen molar-refractivity contribution in [3.63, 3.8) is 0 Å². The van der Waals surface area contributed by atoms with E-state index in [1.807, 2.05) is 31.2 Å². The molecule has 2 heterocycles. The molecule has 2 fully saturated rings. The summed E-state index contributed by atoms with van der Waals surface area (Å²) in [7, 11) is 0. The predicted molar refractivity (Wildman–Crippen MR) is 93.1 cm³/mol. The third kappa shape index (κ3) is 3.94. The van der Waals surface area contributed by atoms with Crippen LogP contribution in [0.4, 0.5) is 11.4 Å². The fraction of sp³-hybridized carbons (Fsp3) is 0.556. The second-order valence-electron chi connectivity index (χ2n) is 6.67. The summed E-state index contributed by atoms with van der Waals surface area (Å²) in [4.78, 5) is 28.1. The van der Waals surface area contributed by atoms with Gasteiger partial charge in [-0.15, -0.1) is 0 Å². The van der Waals surface area contributed by atoms with Crippen molar-refractivity contribution in [3.05, 3.63) is 24.3 Å². The highest BCUT2D eigenvalue weighted by Crippen LogP contribution is 2.24. The smallest absolute Gasteiger partial charge is 0.238 e. The molecule has 6 nitrogen and oxygen atoms in total. The van der Waals surface area contributed by atoms with Crippen LogP contribution in [0.25, 0.3) is 0 Å². The SMILES string of the molecule is CC1CN(CC(=O)Nc2cccc(N3CCCC3=O)c2)C(C)CO1. The second-order valence-corrected chi connectivity index (χ2v) is 6.67. The van der Waals surface area contributed by atoms with E-state index in [4.69, 9.17) is 4.74 Å². The number of morpholine rings is 1. The Bertz CT molecular complexity index is 619. The largest absolute Gasteiger partial charge is 0.376 e. The lowest BCUT2D eigenvalue weighted by atomic mass is 10.2. The molecular weight excluding hydrogens is 306 g/mol. The zero-order valence-corrected chi connectivity index (χ0v) is 14.3. The summed E-state index contributed by atoms with van der Waals surface area (Å²) in [5.74, 6) is 0.107. The molecule has 1 N–H and O–H groups in total. The van der Waals surface area contributed by atoms with Crippen molar-refractivity contribution in [1.82, 2.24) is 4.90 Å². The van der Waals surface area contributed by atoms with Crippen molar-refractivity contribution >= 4 is 23.2 Å². The first kappa shape index (κ1) is 16.9. The number of hydrogen-bond acceptors (Lipinski definition) is 4. The van der Waals surface area contributed by atoms with Crippen LogP contribution in [-0.4, -0.2) is 55.1 Å². The average molecular weight is 331 g/mol. The van der Waals surface area contributed by atoms with Crippen molar-refractivity contribution < 1.29 is 14.3 Å². The van der Waals surface area contributed by atoms with Crippen LogP contribution in [0.5, 0.6) is 0 Å². The number of carbonyl (C=O) groups excluding carboxylic acids is 2. The van der Waals surface area contributed by atoms with Crippen LogP contribution in [0.1, 0.15) is 26.7 Å². The number of nitrogens with zero attached hydrogens (tertiary/aromatic N) is 2. The Hall–Kier alpha value is -1.92. The van der Waals surface area contributed by atoms with E-state index in [0.29, 0.717) is 19.6 Å². The van der Waals surface area contributed by atoms with Gasteiger partial charge in [-0.05, 0) is 38.5 Å². The van der Waals surface area contributed by atoms with E-state index in [9.17, 15) is 9.59 Å². The van der Waals surface area contributed by atoms with Gasteiger partial charge >= 0.3 is 0 Å². The Balaban J connectivity index is 1.61. The van der Waals surface area contributed by atoms with E-state index < -0.39 is 0 Å². The summed E-state index contributed by atoms with van der Waals surface area (Å²) < 4.78 is 5.59. The standard InChI is InChI=1S/C18H25N3O3/c1-13-12-24-14(2)10-20(13)11-17(22)19-15-5-3-6-16(9-15)21-8-4-7-18(21)23/h3,5-6,9,13-14H,4,7-8,10-12H2,1-2H3,(H,19,22). The Morgan fingerprint density at radius 2 is 2.21 bits per heavy atom. The number of ether oxygens (including phenoxy) is 1. The molecule has 0 bridgehead atoms. The number of amides is 2. The van der Waals surface area contributed by atoms with Gasteiger partial charge in [0.1, 0.15) is 0 Å². The Morgan fingerprint density at radius 3 is 2.96 bits per heavy atom. The molecule has 2 aliphatic heterocycles. The third-order valence-electron chi connectivity index (χ3n) is 4.60. The van der Waals surface area contributed by atoms with Crippen LogP contribution in [0.2, 0.25) is 0 Å². The predicted octanol–water partition coefficient (Wildman–Crippen LogP) is 1.86. The van der Waals surface area contributed by atoms with E-state index in [1.165, 1.54) is 0 Å². The molecule has 2 aliphatic rings. The van der Waals surface area contributed by atoms with Crippen LogP contribution in [0, 0.1) is 0 Å². The highest BCUT2D eigenvalue weighted by atomic mass is 16.5. The minimum atomic E-state index is -0.0409. The molecule has 3 rings (SSSR count). The van der Waals surface area contributed by atoms with Crippen LogP contribution >= 0.6 is 0 Å². The minimum absolute atomic E-state index is 0.0409. The van der Waals surface area contributed by atoms with Gasteiger partial charge in [0.15, 0.2) is 0 Å². The monoisotopic (exact) mass is 331 g/mol. The molecule has 0 saturated carbocycles. The molecule has 0 spiro atoms. The molecule has 0 aliphatic carbocycles. The first-order chi connectivity index (χ1) is 11.5. The molecule has 2 atom stereocenters. The van der Waals surface area contributed by atoms with Crippen molar-refractivity contribution in [1.29, 1.82) is 0 Å². The topological polar surface area (TPSA) is 61.9 Å². The second kappa shape index (κ2) is 7.32. The molecular formula is C18H25N3O3. The summed E-state index contributed by atoms with van der Waals surface area (Å²) >= 11 is 0. The van der Waals surface area contributed by atoms with Crippen LogP contribution in [0.15, 0.2) is 24.3 Å². The molecule has 130 valence electrons. The van der Waals surface area contributed by atoms with Crippen molar-refractivity contribution in [2.24, 2.45) is 0 Å². The number of hydrogen-bond donors (Lipinski definition) is 1. The highest BCUT2D eigenvalue weighted by molar-refractivity contribution is 5.97. The van der Waals surface area contributed by atoms with Gasteiger partial charge in [-0.25, -0.2) is 0 Å². The lowest BCUT2D eigenvalue weighted by Gasteiger charge is -2.36. The molecule has 1 aromatic carbocycles. The summed E-state index contributed by atoms with van der Waals surface area (Å²) in [5, 5.41) is 2.94. The Morgan fingerprint density at radius 1 is 1.38 bits per heavy atom. The third-order valence-corrected chi connectivity index (χ3v) is 4.60. The van der Waals surface area contributed by atoms with Crippen molar-refractivity contribution in [2.45, 2.75) is 38.8 Å². The Labute approximate surface area is 142 Å². The van der Waals surface area contributed by atoms with E-state index in [1.54, 1.807) is 4.90 Å². The van der Waals surface area contributed by atoms with E-state index >= 15 is 0 Å². The van der Waals surface area contributed by atoms with Crippen LogP contribution in [-0.2, 0) is 14.3 Å². The maximum atomic E-state index is 12.4. The van der Waals surface area contributed by atoms with Gasteiger partial charge in [-0.3, -0.25) is 14.5 Å². The number of carbonyl (C=O) groups is 2. The fourth-order valence-corrected chi connectivity index (χ4v) is 3.25.